The maximum Gasteiger partial charge on any atom is 0.251 e. The smallest absolute Gasteiger partial charge is 0.251 e. The van der Waals surface area contributed by atoms with E-state index in [1.165, 1.54) is 6.33 Å². The second-order valence-corrected chi connectivity index (χ2v) is 16.3. The van der Waals surface area contributed by atoms with E-state index in [1.807, 2.05) is 74.6 Å². The molecule has 4 amide bonds. The number of amides is 4. The van der Waals surface area contributed by atoms with Crippen LogP contribution in [-0.2, 0) is 43.2 Å². The van der Waals surface area contributed by atoms with Crippen molar-refractivity contribution in [3.05, 3.63) is 126 Å². The molecule has 0 aliphatic heterocycles. The first kappa shape index (κ1) is 48.9. The van der Waals surface area contributed by atoms with Gasteiger partial charge in [-0.25, -0.2) is 4.98 Å². The van der Waals surface area contributed by atoms with Crippen molar-refractivity contribution in [2.24, 2.45) is 28.3 Å². The quantitative estimate of drug-likeness (QED) is 0.0227. The van der Waals surface area contributed by atoms with Crippen LogP contribution in [0.4, 0.5) is 0 Å². The van der Waals surface area contributed by atoms with E-state index >= 15 is 0 Å². The van der Waals surface area contributed by atoms with Gasteiger partial charge in [-0.15, -0.1) is 0 Å². The van der Waals surface area contributed by atoms with E-state index in [0.29, 0.717) is 30.8 Å². The molecule has 9 N–H and O–H groups in total. The number of hydrogen-bond acceptors (Lipinski definition) is 8. The lowest BCUT2D eigenvalue weighted by Gasteiger charge is -2.29. The summed E-state index contributed by atoms with van der Waals surface area (Å²) in [5, 5.41) is 9.55. The number of imidazole rings is 1. The number of aromatic nitrogens is 3. The van der Waals surface area contributed by atoms with Crippen molar-refractivity contribution in [3.8, 4) is 0 Å². The molecule has 344 valence electrons. The fourth-order valence-corrected chi connectivity index (χ4v) is 7.88. The third-order valence-electron chi connectivity index (χ3n) is 11.2. The number of rotatable bonds is 27. The van der Waals surface area contributed by atoms with E-state index in [2.05, 4.69) is 35.9 Å². The van der Waals surface area contributed by atoms with Gasteiger partial charge in [-0.1, -0.05) is 80.6 Å². The first-order valence-corrected chi connectivity index (χ1v) is 22.3. The topological polar surface area (TPSA) is 251 Å². The molecule has 2 aromatic heterocycles. The molecule has 5 rings (SSSR count). The van der Waals surface area contributed by atoms with E-state index < -0.39 is 47.4 Å². The Morgan fingerprint density at radius 1 is 0.754 bits per heavy atom. The summed E-state index contributed by atoms with van der Waals surface area (Å²) in [6.07, 6.45) is 6.81. The molecule has 16 nitrogen and oxygen atoms in total. The lowest BCUT2D eigenvalue weighted by molar-refractivity contribution is -0.138. The van der Waals surface area contributed by atoms with Gasteiger partial charge >= 0.3 is 0 Å². The second-order valence-electron chi connectivity index (χ2n) is 16.3. The number of fused-ring (bicyclic) bond motifs is 1. The van der Waals surface area contributed by atoms with Crippen LogP contribution in [0.5, 0.6) is 0 Å². The molecule has 3 aromatic carbocycles. The molecule has 4 atom stereocenters. The number of hydrogen-bond donors (Lipinski definition) is 7. The molecular weight excluding hydrogens is 825 g/mol. The van der Waals surface area contributed by atoms with Crippen molar-refractivity contribution in [3.63, 3.8) is 0 Å². The van der Waals surface area contributed by atoms with Crippen LogP contribution < -0.4 is 27.4 Å². The second kappa shape index (κ2) is 25.3. The fraction of sp³-hybridized carbons (Fsp3) is 0.388. The molecular formula is C49H62N10O6. The average molecular weight is 887 g/mol. The molecule has 0 unspecified atom stereocenters. The molecule has 0 bridgehead atoms. The predicted molar refractivity (Wildman–Crippen MR) is 250 cm³/mol. The number of H-pyrrole nitrogens is 2. The van der Waals surface area contributed by atoms with Crippen LogP contribution in [0, 0.1) is 11.8 Å². The Morgan fingerprint density at radius 2 is 1.42 bits per heavy atom. The van der Waals surface area contributed by atoms with Gasteiger partial charge in [0.05, 0.1) is 24.8 Å². The number of guanidine groups is 1. The van der Waals surface area contributed by atoms with E-state index in [4.69, 9.17) is 11.5 Å². The van der Waals surface area contributed by atoms with Crippen molar-refractivity contribution < 1.29 is 28.8 Å². The Morgan fingerprint density at radius 3 is 2.09 bits per heavy atom. The summed E-state index contributed by atoms with van der Waals surface area (Å²) in [6.45, 7) is 4.93. The molecule has 0 spiro atoms. The molecule has 5 aromatic rings. The summed E-state index contributed by atoms with van der Waals surface area (Å²) < 4.78 is 0. The lowest BCUT2D eigenvalue weighted by Crippen LogP contribution is -2.52. The Kier molecular flexibility index (Phi) is 19.0. The third-order valence-corrected chi connectivity index (χ3v) is 11.2. The Labute approximate surface area is 379 Å². The van der Waals surface area contributed by atoms with Crippen molar-refractivity contribution in [2.45, 2.75) is 83.7 Å². The van der Waals surface area contributed by atoms with Gasteiger partial charge in [0.15, 0.2) is 17.5 Å². The zero-order chi connectivity index (χ0) is 46.6. The van der Waals surface area contributed by atoms with Crippen molar-refractivity contribution in [1.29, 1.82) is 0 Å². The predicted octanol–water partition coefficient (Wildman–Crippen LogP) is 4.17. The zero-order valence-corrected chi connectivity index (χ0v) is 37.3. The number of aliphatic imine (C=N–C) groups is 1. The average Bonchev–Trinajstić information content (AvgIpc) is 3.98. The first-order chi connectivity index (χ1) is 31.4. The number of benzene rings is 3. The molecule has 0 saturated carbocycles. The highest BCUT2D eigenvalue weighted by Crippen LogP contribution is 2.22. The van der Waals surface area contributed by atoms with Crippen LogP contribution >= 0.6 is 0 Å². The normalized spacial score (nSPS) is 12.9. The summed E-state index contributed by atoms with van der Waals surface area (Å²) in [5.41, 5.74) is 14.7. The number of nitrogens with two attached hydrogens (primary N) is 2. The van der Waals surface area contributed by atoms with Gasteiger partial charge in [0.25, 0.3) is 5.91 Å². The van der Waals surface area contributed by atoms with Gasteiger partial charge < -0.3 is 42.3 Å². The minimum absolute atomic E-state index is 0.102. The third kappa shape index (κ3) is 15.3. The fourth-order valence-electron chi connectivity index (χ4n) is 7.88. The summed E-state index contributed by atoms with van der Waals surface area (Å²) in [7, 11) is 0. The molecule has 2 heterocycles. The van der Waals surface area contributed by atoms with Crippen molar-refractivity contribution in [1.82, 2.24) is 35.8 Å². The lowest BCUT2D eigenvalue weighted by atomic mass is 9.89. The van der Waals surface area contributed by atoms with Gasteiger partial charge in [0.1, 0.15) is 6.04 Å². The van der Waals surface area contributed by atoms with E-state index in [1.54, 1.807) is 41.4 Å². The van der Waals surface area contributed by atoms with E-state index in [9.17, 15) is 28.8 Å². The number of para-hydroxylation sites is 1. The highest BCUT2D eigenvalue weighted by Gasteiger charge is 2.34. The first-order valence-electron chi connectivity index (χ1n) is 22.3. The number of nitrogens with zero attached hydrogens (tertiary/aromatic N) is 3. The van der Waals surface area contributed by atoms with Gasteiger partial charge in [0, 0.05) is 85.8 Å². The summed E-state index contributed by atoms with van der Waals surface area (Å²) in [5.74, 6) is -4.45. The summed E-state index contributed by atoms with van der Waals surface area (Å²) in [6, 6.07) is 23.4. The van der Waals surface area contributed by atoms with Crippen LogP contribution in [0.3, 0.4) is 0 Å². The van der Waals surface area contributed by atoms with Gasteiger partial charge in [-0.05, 0) is 61.4 Å². The number of carbonyl (C=O) groups excluding carboxylic acids is 6. The largest absolute Gasteiger partial charge is 0.370 e. The monoisotopic (exact) mass is 886 g/mol. The summed E-state index contributed by atoms with van der Waals surface area (Å²) in [4.78, 5) is 100. The Balaban J connectivity index is 1.39. The maximum atomic E-state index is 14.6. The number of nitrogens with one attached hydrogen (secondary N) is 5. The molecule has 0 aliphatic carbocycles. The van der Waals surface area contributed by atoms with Crippen molar-refractivity contribution in [2.75, 3.05) is 26.2 Å². The minimum atomic E-state index is -1.09. The molecule has 65 heavy (non-hydrogen) atoms. The van der Waals surface area contributed by atoms with Gasteiger partial charge in [0.2, 0.25) is 17.7 Å². The number of aromatic amines is 2. The van der Waals surface area contributed by atoms with Crippen LogP contribution in [0.15, 0.2) is 109 Å². The SMILES string of the molecule is CCCN(CCC)C(=O)[C@@H](Cc1c[nH]c2ccccc12)NC(=O)[C@H](CCCN=C(N)N)CC(=O)[C@@H](Cc1ccccc1)NC(=O)[C@@H](CC(=O)CNC(=O)c1ccccc1)Cc1cnc[nH]1. The standard InChI is InChI=1S/C49H62N10O6/c1-3-22-59(23-4-2)48(65)43(27-37-29-54-41-20-12-11-19-40(37)41)58-46(63)35(18-13-21-53-49(50)51)28-44(61)42(24-33-14-7-5-8-15-33)57-47(64)36(25-38-30-52-32-56-38)26-39(60)31-55-45(62)34-16-9-6-10-17-34/h5-12,14-17,19-20,29-30,32,35-36,42-43,54H,3-4,13,18,21-28,31H2,1-2H3,(H,52,56)(H,55,62)(H,57,64)(H,58,63)(H4,50,51,53)/t35-,36-,42-,43-/m1/s1. The highest BCUT2D eigenvalue weighted by atomic mass is 16.2. The zero-order valence-electron chi connectivity index (χ0n) is 37.3. The molecule has 0 fully saturated rings. The Bertz CT molecular complexity index is 2340. The van der Waals surface area contributed by atoms with Crippen LogP contribution in [0.25, 0.3) is 10.9 Å². The molecule has 0 saturated heterocycles. The van der Waals surface area contributed by atoms with E-state index in [0.717, 1.165) is 34.9 Å². The van der Waals surface area contributed by atoms with Crippen LogP contribution in [0.2, 0.25) is 0 Å². The van der Waals surface area contributed by atoms with Crippen molar-refractivity contribution >= 4 is 52.1 Å². The Hall–Kier alpha value is -7.10. The maximum absolute atomic E-state index is 14.6. The minimum Gasteiger partial charge on any atom is -0.370 e. The van der Waals surface area contributed by atoms with E-state index in [-0.39, 0.29) is 69.3 Å². The highest BCUT2D eigenvalue weighted by molar-refractivity contribution is 5.98. The van der Waals surface area contributed by atoms with Crippen LogP contribution in [-0.4, -0.2) is 99.3 Å². The van der Waals surface area contributed by atoms with Gasteiger partial charge in [-0.3, -0.25) is 33.8 Å². The number of Topliss-reactive ketones (excluding diaryl/α,β-unsaturated/α-hetero) is 2. The molecule has 16 heteroatoms. The van der Waals surface area contributed by atoms with Gasteiger partial charge in [-0.2, -0.15) is 0 Å². The number of ketones is 2. The van der Waals surface area contributed by atoms with Crippen LogP contribution in [0.1, 0.15) is 79.6 Å². The summed E-state index contributed by atoms with van der Waals surface area (Å²) >= 11 is 0. The number of carbonyl (C=O) groups is 6. The molecule has 0 aliphatic rings. The molecule has 0 radical (unpaired) electrons.